The molecule has 0 spiro atoms. The van der Waals surface area contributed by atoms with Crippen LogP contribution in [-0.2, 0) is 11.3 Å². The maximum absolute atomic E-state index is 10.4. The molecule has 1 rings (SSSR count). The average molecular weight is 261 g/mol. The van der Waals surface area contributed by atoms with Gasteiger partial charge < -0.3 is 5.11 Å². The first-order valence-corrected chi connectivity index (χ1v) is 6.73. The van der Waals surface area contributed by atoms with Crippen LogP contribution in [0.2, 0.25) is 0 Å². The Kier molecular flexibility index (Phi) is 6.30. The fourth-order valence-electron chi connectivity index (χ4n) is 1.98. The Morgan fingerprint density at radius 2 is 2.00 bits per heavy atom. The highest BCUT2D eigenvalue weighted by Gasteiger charge is 2.08. The summed E-state index contributed by atoms with van der Waals surface area (Å²) >= 11 is 0. The number of aliphatic carboxylic acids is 1. The van der Waals surface area contributed by atoms with Gasteiger partial charge in [-0.3, -0.25) is 4.90 Å². The molecule has 0 radical (unpaired) electrons. The van der Waals surface area contributed by atoms with Gasteiger partial charge in [0.25, 0.3) is 0 Å². The predicted molar refractivity (Wildman–Crippen MR) is 78.9 cm³/mol. The number of nitrogens with zero attached hydrogens (tertiary/aromatic N) is 1. The lowest BCUT2D eigenvalue weighted by Gasteiger charge is -2.24. The number of benzene rings is 1. The number of hydrogen-bond donors (Lipinski definition) is 1. The molecule has 0 aromatic heterocycles. The van der Waals surface area contributed by atoms with Crippen molar-refractivity contribution >= 4 is 12.0 Å². The van der Waals surface area contributed by atoms with Gasteiger partial charge in [0, 0.05) is 18.7 Å². The predicted octanol–water partition coefficient (Wildman–Crippen LogP) is 3.40. The fraction of sp³-hybridized carbons (Fsp3) is 0.438. The Hall–Kier alpha value is -1.61. The highest BCUT2D eigenvalue weighted by atomic mass is 16.4. The lowest BCUT2D eigenvalue weighted by molar-refractivity contribution is -0.131. The SMILES string of the molecule is CCCC(C)N(C)Cc1ccc(C=CC(=O)O)cc1. The molecule has 0 amide bonds. The highest BCUT2D eigenvalue weighted by molar-refractivity contribution is 5.85. The molecule has 1 N–H and O–H groups in total. The molecule has 0 fully saturated rings. The zero-order chi connectivity index (χ0) is 14.3. The molecule has 3 nitrogen and oxygen atoms in total. The monoisotopic (exact) mass is 261 g/mol. The smallest absolute Gasteiger partial charge is 0.328 e. The van der Waals surface area contributed by atoms with E-state index in [9.17, 15) is 4.79 Å². The minimum Gasteiger partial charge on any atom is -0.478 e. The van der Waals surface area contributed by atoms with E-state index in [1.807, 2.05) is 12.1 Å². The number of hydrogen-bond acceptors (Lipinski definition) is 2. The second-order valence-corrected chi connectivity index (χ2v) is 4.97. The van der Waals surface area contributed by atoms with E-state index < -0.39 is 5.97 Å². The number of rotatable bonds is 7. The molecule has 0 bridgehead atoms. The largest absolute Gasteiger partial charge is 0.478 e. The van der Waals surface area contributed by atoms with E-state index in [0.29, 0.717) is 6.04 Å². The zero-order valence-corrected chi connectivity index (χ0v) is 12.0. The number of carboxylic acids is 1. The first-order valence-electron chi connectivity index (χ1n) is 6.73. The Balaban J connectivity index is 2.59. The van der Waals surface area contributed by atoms with Crippen LogP contribution >= 0.6 is 0 Å². The minimum absolute atomic E-state index is 0.580. The van der Waals surface area contributed by atoms with E-state index in [-0.39, 0.29) is 0 Å². The van der Waals surface area contributed by atoms with Crippen LogP contribution in [0, 0.1) is 0 Å². The molecule has 0 heterocycles. The third-order valence-corrected chi connectivity index (χ3v) is 3.29. The maximum Gasteiger partial charge on any atom is 0.328 e. The first kappa shape index (κ1) is 15.4. The van der Waals surface area contributed by atoms with Crippen molar-refractivity contribution in [3.63, 3.8) is 0 Å². The van der Waals surface area contributed by atoms with E-state index >= 15 is 0 Å². The van der Waals surface area contributed by atoms with E-state index in [1.54, 1.807) is 6.08 Å². The standard InChI is InChI=1S/C16H23NO2/c1-4-5-13(2)17(3)12-15-8-6-14(7-9-15)10-11-16(18)19/h6-11,13H,4-5,12H2,1-3H3,(H,18,19). The molecule has 1 unspecified atom stereocenters. The second-order valence-electron chi connectivity index (χ2n) is 4.97. The van der Waals surface area contributed by atoms with Crippen LogP contribution in [0.4, 0.5) is 0 Å². The maximum atomic E-state index is 10.4. The molecular weight excluding hydrogens is 238 g/mol. The summed E-state index contributed by atoms with van der Waals surface area (Å²) < 4.78 is 0. The molecule has 0 saturated carbocycles. The van der Waals surface area contributed by atoms with E-state index in [1.165, 1.54) is 18.4 Å². The summed E-state index contributed by atoms with van der Waals surface area (Å²) in [7, 11) is 2.14. The van der Waals surface area contributed by atoms with Crippen molar-refractivity contribution in [2.45, 2.75) is 39.3 Å². The fourth-order valence-corrected chi connectivity index (χ4v) is 1.98. The molecule has 3 heteroatoms. The van der Waals surface area contributed by atoms with E-state index in [2.05, 4.69) is 37.9 Å². The van der Waals surface area contributed by atoms with Crippen molar-refractivity contribution in [1.29, 1.82) is 0 Å². The molecule has 1 aromatic rings. The molecule has 0 aliphatic rings. The van der Waals surface area contributed by atoms with Crippen LogP contribution in [-0.4, -0.2) is 29.1 Å². The van der Waals surface area contributed by atoms with Crippen molar-refractivity contribution in [3.05, 3.63) is 41.5 Å². The topological polar surface area (TPSA) is 40.5 Å². The van der Waals surface area contributed by atoms with Gasteiger partial charge >= 0.3 is 5.97 Å². The summed E-state index contributed by atoms with van der Waals surface area (Å²) in [5, 5.41) is 8.57. The second kappa shape index (κ2) is 7.74. The number of carbonyl (C=O) groups is 1. The van der Waals surface area contributed by atoms with Gasteiger partial charge in [-0.15, -0.1) is 0 Å². The average Bonchev–Trinajstić information content (AvgIpc) is 2.38. The Bertz CT molecular complexity index is 423. The molecule has 0 saturated heterocycles. The third kappa shape index (κ3) is 5.71. The van der Waals surface area contributed by atoms with Crippen LogP contribution in [0.1, 0.15) is 37.8 Å². The van der Waals surface area contributed by atoms with Crippen molar-refractivity contribution in [2.75, 3.05) is 7.05 Å². The van der Waals surface area contributed by atoms with Gasteiger partial charge in [-0.1, -0.05) is 37.6 Å². The van der Waals surface area contributed by atoms with Crippen molar-refractivity contribution in [2.24, 2.45) is 0 Å². The first-order chi connectivity index (χ1) is 9.02. The van der Waals surface area contributed by atoms with Gasteiger partial charge in [0.2, 0.25) is 0 Å². The highest BCUT2D eigenvalue weighted by Crippen LogP contribution is 2.11. The van der Waals surface area contributed by atoms with Gasteiger partial charge in [0.1, 0.15) is 0 Å². The van der Waals surface area contributed by atoms with E-state index in [4.69, 9.17) is 5.11 Å². The quantitative estimate of drug-likeness (QED) is 0.765. The lowest BCUT2D eigenvalue weighted by atomic mass is 10.1. The molecule has 0 aliphatic carbocycles. The summed E-state index contributed by atoms with van der Waals surface area (Å²) in [6.07, 6.45) is 5.17. The van der Waals surface area contributed by atoms with Gasteiger partial charge in [-0.05, 0) is 37.6 Å². The van der Waals surface area contributed by atoms with Crippen molar-refractivity contribution in [1.82, 2.24) is 4.90 Å². The Morgan fingerprint density at radius 1 is 1.37 bits per heavy atom. The summed E-state index contributed by atoms with van der Waals surface area (Å²) in [4.78, 5) is 12.8. The molecule has 1 aromatic carbocycles. The summed E-state index contributed by atoms with van der Waals surface area (Å²) in [6, 6.07) is 8.59. The van der Waals surface area contributed by atoms with Crippen LogP contribution in [0.3, 0.4) is 0 Å². The Morgan fingerprint density at radius 3 is 2.53 bits per heavy atom. The molecule has 104 valence electrons. The summed E-state index contributed by atoms with van der Waals surface area (Å²) in [5.41, 5.74) is 2.16. The third-order valence-electron chi connectivity index (χ3n) is 3.29. The zero-order valence-electron chi connectivity index (χ0n) is 12.0. The summed E-state index contributed by atoms with van der Waals surface area (Å²) in [5.74, 6) is -0.919. The van der Waals surface area contributed by atoms with Gasteiger partial charge in [-0.25, -0.2) is 4.79 Å². The Labute approximate surface area is 115 Å². The van der Waals surface area contributed by atoms with Gasteiger partial charge in [0.15, 0.2) is 0 Å². The normalized spacial score (nSPS) is 13.1. The van der Waals surface area contributed by atoms with Gasteiger partial charge in [-0.2, -0.15) is 0 Å². The van der Waals surface area contributed by atoms with Crippen molar-refractivity contribution < 1.29 is 9.90 Å². The molecule has 19 heavy (non-hydrogen) atoms. The molecular formula is C16H23NO2. The van der Waals surface area contributed by atoms with Crippen LogP contribution < -0.4 is 0 Å². The van der Waals surface area contributed by atoms with Crippen LogP contribution in [0.25, 0.3) is 6.08 Å². The molecule has 0 aliphatic heterocycles. The lowest BCUT2D eigenvalue weighted by Crippen LogP contribution is -2.28. The van der Waals surface area contributed by atoms with Gasteiger partial charge in [0.05, 0.1) is 0 Å². The van der Waals surface area contributed by atoms with Crippen LogP contribution in [0.15, 0.2) is 30.3 Å². The van der Waals surface area contributed by atoms with E-state index in [0.717, 1.165) is 18.2 Å². The number of carboxylic acid groups (broad SMARTS) is 1. The molecule has 1 atom stereocenters. The summed E-state index contributed by atoms with van der Waals surface area (Å²) in [6.45, 7) is 5.37. The minimum atomic E-state index is -0.919. The van der Waals surface area contributed by atoms with Crippen LogP contribution in [0.5, 0.6) is 0 Å². The van der Waals surface area contributed by atoms with Crippen molar-refractivity contribution in [3.8, 4) is 0 Å².